The quantitative estimate of drug-likeness (QED) is 0.162. The number of aryl methyl sites for hydroxylation is 4. The van der Waals surface area contributed by atoms with Gasteiger partial charge < -0.3 is 29.3 Å². The molecule has 0 spiro atoms. The summed E-state index contributed by atoms with van der Waals surface area (Å²) < 4.78 is 3.50. The summed E-state index contributed by atoms with van der Waals surface area (Å²) in [6, 6.07) is 11.4. The fourth-order valence-electron chi connectivity index (χ4n) is 3.75. The van der Waals surface area contributed by atoms with Gasteiger partial charge in [0.05, 0.1) is 16.5 Å². The van der Waals surface area contributed by atoms with E-state index >= 15 is 0 Å². The molecule has 0 aliphatic rings. The van der Waals surface area contributed by atoms with E-state index in [0.717, 1.165) is 30.4 Å². The Hall–Kier alpha value is -2.81. The molecule has 4 rings (SSSR count). The minimum absolute atomic E-state index is 0. The van der Waals surface area contributed by atoms with Crippen molar-refractivity contribution in [2.24, 2.45) is 7.05 Å². The summed E-state index contributed by atoms with van der Waals surface area (Å²) in [4.78, 5) is 30.2. The highest BCUT2D eigenvalue weighted by molar-refractivity contribution is 5.94. The maximum atomic E-state index is 13.0. The summed E-state index contributed by atoms with van der Waals surface area (Å²) in [6.07, 6.45) is 8.58. The second-order valence-electron chi connectivity index (χ2n) is 8.11. The fourth-order valence-corrected chi connectivity index (χ4v) is 3.75. The first-order chi connectivity index (χ1) is 14.9. The molecule has 32 heavy (non-hydrogen) atoms. The van der Waals surface area contributed by atoms with Crippen LogP contribution in [0.25, 0.3) is 16.6 Å². The van der Waals surface area contributed by atoms with Gasteiger partial charge in [-0.05, 0) is 74.6 Å². The Balaban J connectivity index is 0.00000289. The molecule has 0 aliphatic carbocycles. The first-order valence-electron chi connectivity index (χ1n) is 10.6. The van der Waals surface area contributed by atoms with Crippen LogP contribution < -0.4 is 39.4 Å². The molecular formula is C25H27IN4O2. The monoisotopic (exact) mass is 542 g/mol. The maximum Gasteiger partial charge on any atom is 0.265 e. The zero-order valence-corrected chi connectivity index (χ0v) is 20.7. The van der Waals surface area contributed by atoms with E-state index in [4.69, 9.17) is 0 Å². The standard InChI is InChI=1S/C25H26N4O2.HI/c1-17-13-21-22(14-18(17)2)27-23-10-9-20(16-29(23)25(21)31)24(30)26-11-5-4-7-19-8-6-12-28(3)15-19;/h6,8-10,12-16H,4-5,7,11H2,1-3H3;1H. The van der Waals surface area contributed by atoms with E-state index in [1.165, 1.54) is 9.96 Å². The van der Waals surface area contributed by atoms with Crippen molar-refractivity contribution in [1.82, 2.24) is 14.7 Å². The van der Waals surface area contributed by atoms with E-state index in [0.29, 0.717) is 28.7 Å². The number of hydrogen-bond acceptors (Lipinski definition) is 3. The summed E-state index contributed by atoms with van der Waals surface area (Å²) >= 11 is 0. The van der Waals surface area contributed by atoms with Gasteiger partial charge in [-0.15, -0.1) is 0 Å². The Bertz CT molecular complexity index is 1350. The largest absolute Gasteiger partial charge is 1.00 e. The van der Waals surface area contributed by atoms with Crippen LogP contribution in [0.4, 0.5) is 0 Å². The van der Waals surface area contributed by atoms with Crippen LogP contribution >= 0.6 is 0 Å². The molecule has 6 nitrogen and oxygen atoms in total. The first-order valence-corrected chi connectivity index (χ1v) is 10.6. The van der Waals surface area contributed by atoms with E-state index in [-0.39, 0.29) is 35.4 Å². The third-order valence-electron chi connectivity index (χ3n) is 5.66. The van der Waals surface area contributed by atoms with Gasteiger partial charge in [0, 0.05) is 24.4 Å². The fraction of sp³-hybridized carbons (Fsp3) is 0.280. The van der Waals surface area contributed by atoms with Crippen molar-refractivity contribution in [3.63, 3.8) is 0 Å². The van der Waals surface area contributed by atoms with Crippen molar-refractivity contribution in [2.45, 2.75) is 33.1 Å². The number of benzene rings is 1. The van der Waals surface area contributed by atoms with Gasteiger partial charge in [0.2, 0.25) is 0 Å². The Kier molecular flexibility index (Phi) is 7.60. The third kappa shape index (κ3) is 5.15. The molecule has 1 amide bonds. The van der Waals surface area contributed by atoms with Crippen LogP contribution in [-0.2, 0) is 13.5 Å². The summed E-state index contributed by atoms with van der Waals surface area (Å²) in [7, 11) is 2.01. The number of halogens is 1. The van der Waals surface area contributed by atoms with Crippen LogP contribution in [0.3, 0.4) is 0 Å². The van der Waals surface area contributed by atoms with E-state index in [1.807, 2.05) is 49.9 Å². The molecule has 4 aromatic rings. The zero-order valence-electron chi connectivity index (χ0n) is 18.6. The topological polar surface area (TPSA) is 67.3 Å². The van der Waals surface area contributed by atoms with Crippen molar-refractivity contribution in [3.05, 3.63) is 87.6 Å². The predicted molar refractivity (Wildman–Crippen MR) is 121 cm³/mol. The highest BCUT2D eigenvalue weighted by Crippen LogP contribution is 2.16. The highest BCUT2D eigenvalue weighted by Gasteiger charge is 2.11. The normalized spacial score (nSPS) is 10.8. The van der Waals surface area contributed by atoms with Gasteiger partial charge in [-0.1, -0.05) is 0 Å². The molecule has 0 atom stereocenters. The van der Waals surface area contributed by atoms with Gasteiger partial charge in [0.1, 0.15) is 12.7 Å². The molecule has 166 valence electrons. The lowest BCUT2D eigenvalue weighted by Crippen LogP contribution is -3.00. The number of aromatic nitrogens is 3. The molecule has 0 saturated carbocycles. The number of amides is 1. The average molecular weight is 542 g/mol. The van der Waals surface area contributed by atoms with E-state index in [1.54, 1.807) is 18.3 Å². The lowest BCUT2D eigenvalue weighted by atomic mass is 10.1. The zero-order chi connectivity index (χ0) is 22.0. The predicted octanol–water partition coefficient (Wildman–Crippen LogP) is 0.0457. The number of nitrogens with zero attached hydrogens (tertiary/aromatic N) is 3. The molecule has 7 heteroatoms. The summed E-state index contributed by atoms with van der Waals surface area (Å²) in [5, 5.41) is 3.52. The first kappa shape index (κ1) is 23.8. The van der Waals surface area contributed by atoms with Crippen LogP contribution in [0.5, 0.6) is 0 Å². The van der Waals surface area contributed by atoms with E-state index < -0.39 is 0 Å². The molecule has 0 fully saturated rings. The molecular weight excluding hydrogens is 515 g/mol. The van der Waals surface area contributed by atoms with Crippen LogP contribution in [0, 0.1) is 13.8 Å². The molecule has 1 aromatic carbocycles. The molecule has 3 heterocycles. The number of hydrogen-bond donors (Lipinski definition) is 1. The minimum Gasteiger partial charge on any atom is -1.00 e. The van der Waals surface area contributed by atoms with Crippen molar-refractivity contribution in [1.29, 1.82) is 0 Å². The maximum absolute atomic E-state index is 13.0. The number of pyridine rings is 2. The second-order valence-corrected chi connectivity index (χ2v) is 8.11. The molecule has 0 bridgehead atoms. The molecule has 0 radical (unpaired) electrons. The van der Waals surface area contributed by atoms with Gasteiger partial charge in [-0.2, -0.15) is 0 Å². The van der Waals surface area contributed by atoms with Crippen LogP contribution in [0.15, 0.2) is 59.8 Å². The number of carbonyl (C=O) groups excluding carboxylic acids is 1. The third-order valence-corrected chi connectivity index (χ3v) is 5.66. The molecule has 0 saturated heterocycles. The van der Waals surface area contributed by atoms with Gasteiger partial charge in [-0.25, -0.2) is 9.55 Å². The lowest BCUT2D eigenvalue weighted by Gasteiger charge is -2.09. The second kappa shape index (κ2) is 10.2. The van der Waals surface area contributed by atoms with Crippen molar-refractivity contribution >= 4 is 22.5 Å². The summed E-state index contributed by atoms with van der Waals surface area (Å²) in [5.41, 5.74) is 4.94. The molecule has 0 unspecified atom stereocenters. The van der Waals surface area contributed by atoms with E-state index in [9.17, 15) is 9.59 Å². The number of unbranched alkanes of at least 4 members (excludes halogenated alkanes) is 1. The summed E-state index contributed by atoms with van der Waals surface area (Å²) in [5.74, 6) is -0.180. The summed E-state index contributed by atoms with van der Waals surface area (Å²) in [6.45, 7) is 4.58. The van der Waals surface area contributed by atoms with Crippen LogP contribution in [0.2, 0.25) is 0 Å². The molecule has 1 N–H and O–H groups in total. The van der Waals surface area contributed by atoms with Crippen LogP contribution in [0.1, 0.15) is 39.9 Å². The van der Waals surface area contributed by atoms with E-state index in [2.05, 4.69) is 22.6 Å². The minimum atomic E-state index is -0.180. The smallest absolute Gasteiger partial charge is 0.265 e. The van der Waals surface area contributed by atoms with Crippen molar-refractivity contribution in [2.75, 3.05) is 6.54 Å². The van der Waals surface area contributed by atoms with Gasteiger partial charge in [0.25, 0.3) is 11.5 Å². The Morgan fingerprint density at radius 2 is 1.91 bits per heavy atom. The number of rotatable bonds is 6. The van der Waals surface area contributed by atoms with Gasteiger partial charge >= 0.3 is 0 Å². The number of fused-ring (bicyclic) bond motifs is 2. The lowest BCUT2D eigenvalue weighted by molar-refractivity contribution is -0.671. The number of nitrogens with one attached hydrogen (secondary N) is 1. The highest BCUT2D eigenvalue weighted by atomic mass is 127. The SMILES string of the molecule is Cc1cc2nc3ccc(C(=O)NCCCCc4ccc[n+](C)c4)cn3c(=O)c2cc1C.[I-]. The number of carbonyl (C=O) groups is 1. The molecule has 0 aliphatic heterocycles. The Labute approximate surface area is 204 Å². The van der Waals surface area contributed by atoms with Gasteiger partial charge in [-0.3, -0.25) is 14.0 Å². The van der Waals surface area contributed by atoms with Crippen LogP contribution in [-0.4, -0.2) is 21.8 Å². The average Bonchev–Trinajstić information content (AvgIpc) is 2.75. The Morgan fingerprint density at radius 3 is 2.69 bits per heavy atom. The van der Waals surface area contributed by atoms with Crippen molar-refractivity contribution < 1.29 is 33.3 Å². The van der Waals surface area contributed by atoms with Gasteiger partial charge in [0.15, 0.2) is 12.4 Å². The Morgan fingerprint density at radius 1 is 1.12 bits per heavy atom. The molecule has 3 aromatic heterocycles. The van der Waals surface area contributed by atoms with Crippen molar-refractivity contribution in [3.8, 4) is 0 Å².